The Morgan fingerprint density at radius 2 is 1.91 bits per heavy atom. The van der Waals surface area contributed by atoms with Crippen molar-refractivity contribution in [1.82, 2.24) is 0 Å². The number of hydrogen-bond acceptors (Lipinski definition) is 2. The molecule has 2 nitrogen and oxygen atoms in total. The fourth-order valence-electron chi connectivity index (χ4n) is 7.52. The summed E-state index contributed by atoms with van der Waals surface area (Å²) in [5, 5.41) is 0. The first-order valence-electron chi connectivity index (χ1n) is 10.2. The molecule has 0 unspecified atom stereocenters. The lowest BCUT2D eigenvalue weighted by molar-refractivity contribution is -0.0429. The van der Waals surface area contributed by atoms with Gasteiger partial charge in [0.15, 0.2) is 0 Å². The van der Waals surface area contributed by atoms with Crippen LogP contribution in [0.5, 0.6) is 0 Å². The molecule has 6 atom stereocenters. The van der Waals surface area contributed by atoms with Crippen LogP contribution in [0.3, 0.4) is 0 Å². The Hall–Kier alpha value is -0.340. The Balaban J connectivity index is 1.61. The van der Waals surface area contributed by atoms with Gasteiger partial charge in [0.1, 0.15) is 0 Å². The molecule has 0 radical (unpaired) electrons. The van der Waals surface area contributed by atoms with E-state index in [1.54, 1.807) is 0 Å². The van der Waals surface area contributed by atoms with E-state index in [2.05, 4.69) is 19.9 Å². The summed E-state index contributed by atoms with van der Waals surface area (Å²) in [5.74, 6) is 3.56. The summed E-state index contributed by atoms with van der Waals surface area (Å²) in [7, 11) is 0. The Bertz CT molecular complexity index is 496. The fourth-order valence-corrected chi connectivity index (χ4v) is 7.52. The van der Waals surface area contributed by atoms with E-state index >= 15 is 0 Å². The van der Waals surface area contributed by atoms with Gasteiger partial charge in [-0.25, -0.2) is 0 Å². The predicted octanol–water partition coefficient (Wildman–Crippen LogP) is 4.59. The molecule has 0 heterocycles. The number of fused-ring (bicyclic) bond motifs is 5. The summed E-state index contributed by atoms with van der Waals surface area (Å²) in [6.45, 7) is 5.19. The monoisotopic (exact) mass is 316 g/mol. The van der Waals surface area contributed by atoms with Gasteiger partial charge in [0.05, 0.1) is 6.17 Å². The van der Waals surface area contributed by atoms with Crippen molar-refractivity contribution in [3.05, 3.63) is 11.6 Å². The molecular weight excluding hydrogens is 280 g/mol. The highest BCUT2D eigenvalue weighted by molar-refractivity contribution is 5.24. The van der Waals surface area contributed by atoms with Gasteiger partial charge in [-0.2, -0.15) is 0 Å². The lowest BCUT2D eigenvalue weighted by atomic mass is 9.47. The maximum atomic E-state index is 5.96. The van der Waals surface area contributed by atoms with Crippen LogP contribution in [-0.4, -0.2) is 6.17 Å². The third-order valence-electron chi connectivity index (χ3n) is 8.77. The van der Waals surface area contributed by atoms with Crippen molar-refractivity contribution in [3.8, 4) is 0 Å². The Morgan fingerprint density at radius 1 is 1.09 bits per heavy atom. The van der Waals surface area contributed by atoms with E-state index in [1.807, 2.05) is 5.57 Å². The number of rotatable bonds is 2. The van der Waals surface area contributed by atoms with Gasteiger partial charge in [-0.3, -0.25) is 0 Å². The van der Waals surface area contributed by atoms with Crippen LogP contribution >= 0.6 is 0 Å². The summed E-state index contributed by atoms with van der Waals surface area (Å²) in [4.78, 5) is 0. The molecule has 0 bridgehead atoms. The molecule has 3 fully saturated rings. The van der Waals surface area contributed by atoms with E-state index in [1.165, 1.54) is 57.8 Å². The first kappa shape index (κ1) is 16.1. The first-order valence-corrected chi connectivity index (χ1v) is 10.2. The van der Waals surface area contributed by atoms with Gasteiger partial charge in [0, 0.05) is 0 Å². The van der Waals surface area contributed by atoms with Crippen LogP contribution in [0, 0.1) is 34.5 Å². The average molecular weight is 317 g/mol. The highest BCUT2D eigenvalue weighted by Crippen LogP contribution is 2.66. The van der Waals surface area contributed by atoms with E-state index in [4.69, 9.17) is 11.5 Å². The number of hydrogen-bond donors (Lipinski definition) is 2. The smallest absolute Gasteiger partial charge is 0.0523 e. The van der Waals surface area contributed by atoms with Crippen LogP contribution in [0.25, 0.3) is 0 Å². The SMILES string of the molecule is C[C@]12CC[C@H]3[C@@H](CC=C4CCCC[C@@]43C)[C@@H]1CC[C@@H]2CC(N)N. The second-order valence-corrected chi connectivity index (χ2v) is 9.68. The minimum absolute atomic E-state index is 0.123. The Labute approximate surface area is 142 Å². The molecule has 4 aliphatic rings. The molecule has 0 aromatic carbocycles. The molecule has 0 amide bonds. The van der Waals surface area contributed by atoms with E-state index in [9.17, 15) is 0 Å². The normalized spacial score (nSPS) is 49.3. The topological polar surface area (TPSA) is 52.0 Å². The molecule has 3 saturated carbocycles. The highest BCUT2D eigenvalue weighted by Gasteiger charge is 2.57. The summed E-state index contributed by atoms with van der Waals surface area (Å²) < 4.78 is 0. The minimum atomic E-state index is -0.123. The molecule has 4 rings (SSSR count). The quantitative estimate of drug-likeness (QED) is 0.578. The van der Waals surface area contributed by atoms with E-state index in [0.717, 1.165) is 30.1 Å². The maximum absolute atomic E-state index is 5.96. The predicted molar refractivity (Wildman–Crippen MR) is 96.6 cm³/mol. The number of allylic oxidation sites excluding steroid dienone is 2. The molecule has 0 saturated heterocycles. The largest absolute Gasteiger partial charge is 0.316 e. The van der Waals surface area contributed by atoms with Crippen LogP contribution in [0.15, 0.2) is 11.6 Å². The zero-order chi connectivity index (χ0) is 16.2. The van der Waals surface area contributed by atoms with Crippen LogP contribution in [0.2, 0.25) is 0 Å². The van der Waals surface area contributed by atoms with Crippen LogP contribution in [0.4, 0.5) is 0 Å². The van der Waals surface area contributed by atoms with Crippen molar-refractivity contribution in [2.24, 2.45) is 46.0 Å². The van der Waals surface area contributed by atoms with Crippen molar-refractivity contribution < 1.29 is 0 Å². The summed E-state index contributed by atoms with van der Waals surface area (Å²) in [5.41, 5.74) is 14.8. The number of nitrogens with two attached hydrogens (primary N) is 2. The third-order valence-corrected chi connectivity index (χ3v) is 8.77. The fraction of sp³-hybridized carbons (Fsp3) is 0.905. The van der Waals surface area contributed by atoms with Crippen molar-refractivity contribution in [2.75, 3.05) is 0 Å². The van der Waals surface area contributed by atoms with E-state index in [-0.39, 0.29) is 6.17 Å². The van der Waals surface area contributed by atoms with Gasteiger partial charge in [-0.05, 0) is 92.3 Å². The average Bonchev–Trinajstić information content (AvgIpc) is 2.83. The van der Waals surface area contributed by atoms with Crippen LogP contribution in [-0.2, 0) is 0 Å². The van der Waals surface area contributed by atoms with Gasteiger partial charge in [-0.1, -0.05) is 31.9 Å². The lowest BCUT2D eigenvalue weighted by Crippen LogP contribution is -2.50. The second kappa shape index (κ2) is 5.59. The second-order valence-electron chi connectivity index (χ2n) is 9.68. The third kappa shape index (κ3) is 2.35. The molecule has 0 aliphatic heterocycles. The zero-order valence-electron chi connectivity index (χ0n) is 15.2. The van der Waals surface area contributed by atoms with Crippen molar-refractivity contribution >= 4 is 0 Å². The molecule has 0 aromatic heterocycles. The molecule has 2 heteroatoms. The highest BCUT2D eigenvalue weighted by atomic mass is 14.8. The minimum Gasteiger partial charge on any atom is -0.316 e. The van der Waals surface area contributed by atoms with Crippen LogP contribution in [0.1, 0.15) is 78.1 Å². The molecule has 23 heavy (non-hydrogen) atoms. The molecule has 130 valence electrons. The van der Waals surface area contributed by atoms with Gasteiger partial charge < -0.3 is 11.5 Å². The standard InChI is InChI=1S/C21H36N2/c1-20-11-4-3-5-14(20)6-8-16-17-9-7-15(13-19(22)23)21(17,2)12-10-18(16)20/h6,15-19H,3-5,7-13,22-23H2,1-2H3/t15-,16+,17+,18+,20+,21-/m1/s1. The first-order chi connectivity index (χ1) is 10.9. The molecular formula is C21H36N2. The summed E-state index contributed by atoms with van der Waals surface area (Å²) in [6, 6.07) is 0. The molecule has 0 aromatic rings. The molecule has 4 aliphatic carbocycles. The Morgan fingerprint density at radius 3 is 2.70 bits per heavy atom. The van der Waals surface area contributed by atoms with Gasteiger partial charge in [0.25, 0.3) is 0 Å². The van der Waals surface area contributed by atoms with Gasteiger partial charge in [0.2, 0.25) is 0 Å². The van der Waals surface area contributed by atoms with Crippen molar-refractivity contribution in [1.29, 1.82) is 0 Å². The van der Waals surface area contributed by atoms with Crippen LogP contribution < -0.4 is 11.5 Å². The maximum Gasteiger partial charge on any atom is 0.0523 e. The molecule has 4 N–H and O–H groups in total. The van der Waals surface area contributed by atoms with E-state index < -0.39 is 0 Å². The van der Waals surface area contributed by atoms with Crippen molar-refractivity contribution in [2.45, 2.75) is 84.2 Å². The van der Waals surface area contributed by atoms with Crippen molar-refractivity contribution in [3.63, 3.8) is 0 Å². The lowest BCUT2D eigenvalue weighted by Gasteiger charge is -2.57. The summed E-state index contributed by atoms with van der Waals surface area (Å²) >= 11 is 0. The summed E-state index contributed by atoms with van der Waals surface area (Å²) in [6.07, 6.45) is 16.3. The zero-order valence-corrected chi connectivity index (χ0v) is 15.2. The van der Waals surface area contributed by atoms with E-state index in [0.29, 0.717) is 10.8 Å². The molecule has 0 spiro atoms. The van der Waals surface area contributed by atoms with Gasteiger partial charge >= 0.3 is 0 Å². The Kier molecular flexibility index (Phi) is 3.93. The van der Waals surface area contributed by atoms with Gasteiger partial charge in [-0.15, -0.1) is 0 Å².